The van der Waals surface area contributed by atoms with Gasteiger partial charge >= 0.3 is 12.0 Å². The van der Waals surface area contributed by atoms with Gasteiger partial charge in [-0.15, -0.1) is 0 Å². The van der Waals surface area contributed by atoms with Gasteiger partial charge in [-0.25, -0.2) is 4.79 Å². The van der Waals surface area contributed by atoms with Gasteiger partial charge in [-0.3, -0.25) is 4.79 Å². The monoisotopic (exact) mass is 276 g/mol. The Morgan fingerprint density at radius 3 is 2.75 bits per heavy atom. The Bertz CT molecular complexity index is 514. The lowest BCUT2D eigenvalue weighted by Gasteiger charge is -2.20. The van der Waals surface area contributed by atoms with Crippen LogP contribution < -0.4 is 5.32 Å². The van der Waals surface area contributed by atoms with Crippen LogP contribution >= 0.6 is 0 Å². The second-order valence-corrected chi connectivity index (χ2v) is 5.08. The summed E-state index contributed by atoms with van der Waals surface area (Å²) in [5.74, 6) is -0.998. The summed E-state index contributed by atoms with van der Waals surface area (Å²) < 4.78 is 0. The molecule has 2 amide bonds. The SMILES string of the molecule is CCCN(CC(=O)O)C(=O)Nc1ccc2c(c1)CCC2. The van der Waals surface area contributed by atoms with E-state index >= 15 is 0 Å². The van der Waals surface area contributed by atoms with Crippen LogP contribution in [0.4, 0.5) is 10.5 Å². The first-order valence-electron chi connectivity index (χ1n) is 6.99. The summed E-state index contributed by atoms with van der Waals surface area (Å²) in [5, 5.41) is 11.6. The standard InChI is InChI=1S/C15H20N2O3/c1-2-8-17(10-14(18)19)15(20)16-13-7-6-11-4-3-5-12(11)9-13/h6-7,9H,2-5,8,10H2,1H3,(H,16,20)(H,18,19). The fraction of sp³-hybridized carbons (Fsp3) is 0.467. The molecule has 0 atom stereocenters. The summed E-state index contributed by atoms with van der Waals surface area (Å²) in [6.07, 6.45) is 4.04. The molecule has 0 saturated heterocycles. The van der Waals surface area contributed by atoms with E-state index in [0.29, 0.717) is 6.54 Å². The van der Waals surface area contributed by atoms with E-state index in [4.69, 9.17) is 5.11 Å². The average molecular weight is 276 g/mol. The molecule has 2 N–H and O–H groups in total. The van der Waals surface area contributed by atoms with Gasteiger partial charge in [0.2, 0.25) is 0 Å². The first kappa shape index (κ1) is 14.4. The Morgan fingerprint density at radius 2 is 2.05 bits per heavy atom. The van der Waals surface area contributed by atoms with E-state index in [1.807, 2.05) is 25.1 Å². The van der Waals surface area contributed by atoms with E-state index in [0.717, 1.165) is 31.4 Å². The summed E-state index contributed by atoms with van der Waals surface area (Å²) in [6, 6.07) is 5.56. The number of aryl methyl sites for hydroxylation is 2. The Balaban J connectivity index is 2.03. The molecule has 1 aliphatic carbocycles. The maximum absolute atomic E-state index is 12.1. The average Bonchev–Trinajstić information content (AvgIpc) is 2.85. The van der Waals surface area contributed by atoms with E-state index in [9.17, 15) is 9.59 Å². The number of carbonyl (C=O) groups is 2. The van der Waals surface area contributed by atoms with Crippen LogP contribution in [0.3, 0.4) is 0 Å². The van der Waals surface area contributed by atoms with Crippen LogP contribution in [0.25, 0.3) is 0 Å². The smallest absolute Gasteiger partial charge is 0.323 e. The number of hydrogen-bond donors (Lipinski definition) is 2. The number of amides is 2. The molecule has 0 spiro atoms. The lowest BCUT2D eigenvalue weighted by molar-refractivity contribution is -0.137. The molecule has 108 valence electrons. The highest BCUT2D eigenvalue weighted by Crippen LogP contribution is 2.25. The van der Waals surface area contributed by atoms with Crippen molar-refractivity contribution in [1.82, 2.24) is 4.90 Å². The molecule has 0 heterocycles. The van der Waals surface area contributed by atoms with Gasteiger partial charge in [0.05, 0.1) is 0 Å². The number of carboxylic acids is 1. The Morgan fingerprint density at radius 1 is 1.30 bits per heavy atom. The number of rotatable bonds is 5. The zero-order valence-electron chi connectivity index (χ0n) is 11.7. The van der Waals surface area contributed by atoms with Gasteiger partial charge in [0, 0.05) is 12.2 Å². The molecule has 20 heavy (non-hydrogen) atoms. The van der Waals surface area contributed by atoms with Crippen LogP contribution in [-0.4, -0.2) is 35.1 Å². The van der Waals surface area contributed by atoms with E-state index in [1.54, 1.807) is 0 Å². The number of benzene rings is 1. The van der Waals surface area contributed by atoms with Crippen molar-refractivity contribution in [2.45, 2.75) is 32.6 Å². The number of hydrogen-bond acceptors (Lipinski definition) is 2. The van der Waals surface area contributed by atoms with E-state index in [2.05, 4.69) is 5.32 Å². The van der Waals surface area contributed by atoms with Gasteiger partial charge < -0.3 is 15.3 Å². The summed E-state index contributed by atoms with van der Waals surface area (Å²) in [4.78, 5) is 24.2. The number of urea groups is 1. The highest BCUT2D eigenvalue weighted by Gasteiger charge is 2.17. The molecule has 5 heteroatoms. The van der Waals surface area contributed by atoms with Crippen molar-refractivity contribution in [2.24, 2.45) is 0 Å². The van der Waals surface area contributed by atoms with Crippen LogP contribution in [0.5, 0.6) is 0 Å². The van der Waals surface area contributed by atoms with Crippen LogP contribution in [-0.2, 0) is 17.6 Å². The van der Waals surface area contributed by atoms with E-state index in [-0.39, 0.29) is 12.6 Å². The number of nitrogens with zero attached hydrogens (tertiary/aromatic N) is 1. The predicted molar refractivity (Wildman–Crippen MR) is 77.0 cm³/mol. The molecule has 0 radical (unpaired) electrons. The first-order chi connectivity index (χ1) is 9.60. The Hall–Kier alpha value is -2.04. The predicted octanol–water partition coefficient (Wildman–Crippen LogP) is 2.50. The van der Waals surface area contributed by atoms with Gasteiger partial charge in [0.1, 0.15) is 6.54 Å². The van der Waals surface area contributed by atoms with Gasteiger partial charge in [-0.1, -0.05) is 13.0 Å². The second kappa shape index (κ2) is 6.41. The molecule has 2 rings (SSSR count). The zero-order chi connectivity index (χ0) is 14.5. The maximum atomic E-state index is 12.1. The van der Waals surface area contributed by atoms with Crippen molar-refractivity contribution >= 4 is 17.7 Å². The molecule has 0 aromatic heterocycles. The molecule has 0 unspecified atom stereocenters. The fourth-order valence-corrected chi connectivity index (χ4v) is 2.54. The number of carboxylic acid groups (broad SMARTS) is 1. The highest BCUT2D eigenvalue weighted by molar-refractivity contribution is 5.91. The molecular weight excluding hydrogens is 256 g/mol. The number of nitrogens with one attached hydrogen (secondary N) is 1. The van der Waals surface area contributed by atoms with Crippen molar-refractivity contribution in [3.63, 3.8) is 0 Å². The third-order valence-corrected chi connectivity index (χ3v) is 3.46. The quantitative estimate of drug-likeness (QED) is 0.868. The molecule has 1 aromatic carbocycles. The van der Waals surface area contributed by atoms with Crippen molar-refractivity contribution < 1.29 is 14.7 Å². The summed E-state index contributed by atoms with van der Waals surface area (Å²) in [7, 11) is 0. The molecule has 5 nitrogen and oxygen atoms in total. The van der Waals surface area contributed by atoms with Crippen molar-refractivity contribution in [1.29, 1.82) is 0 Å². The number of anilines is 1. The number of carbonyl (C=O) groups excluding carboxylic acids is 1. The maximum Gasteiger partial charge on any atom is 0.323 e. The summed E-state index contributed by atoms with van der Waals surface area (Å²) in [5.41, 5.74) is 3.36. The summed E-state index contributed by atoms with van der Waals surface area (Å²) in [6.45, 7) is 2.07. The van der Waals surface area contributed by atoms with Gasteiger partial charge in [-0.05, 0) is 48.9 Å². The minimum Gasteiger partial charge on any atom is -0.480 e. The topological polar surface area (TPSA) is 69.6 Å². The number of fused-ring (bicyclic) bond motifs is 1. The Labute approximate surface area is 118 Å². The van der Waals surface area contributed by atoms with Crippen molar-refractivity contribution in [3.05, 3.63) is 29.3 Å². The van der Waals surface area contributed by atoms with Crippen LogP contribution in [0.15, 0.2) is 18.2 Å². The third-order valence-electron chi connectivity index (χ3n) is 3.46. The normalized spacial score (nSPS) is 12.8. The highest BCUT2D eigenvalue weighted by atomic mass is 16.4. The molecule has 1 aliphatic rings. The molecule has 1 aromatic rings. The van der Waals surface area contributed by atoms with Gasteiger partial charge in [0.25, 0.3) is 0 Å². The van der Waals surface area contributed by atoms with Gasteiger partial charge in [-0.2, -0.15) is 0 Å². The zero-order valence-corrected chi connectivity index (χ0v) is 11.7. The first-order valence-corrected chi connectivity index (χ1v) is 6.99. The van der Waals surface area contributed by atoms with Crippen LogP contribution in [0, 0.1) is 0 Å². The lowest BCUT2D eigenvalue weighted by Crippen LogP contribution is -2.39. The lowest BCUT2D eigenvalue weighted by atomic mass is 10.1. The van der Waals surface area contributed by atoms with E-state index in [1.165, 1.54) is 16.0 Å². The van der Waals surface area contributed by atoms with Crippen LogP contribution in [0.1, 0.15) is 30.9 Å². The third kappa shape index (κ3) is 3.50. The molecule has 0 aliphatic heterocycles. The van der Waals surface area contributed by atoms with E-state index < -0.39 is 5.97 Å². The van der Waals surface area contributed by atoms with Crippen molar-refractivity contribution in [3.8, 4) is 0 Å². The van der Waals surface area contributed by atoms with Crippen LogP contribution in [0.2, 0.25) is 0 Å². The summed E-state index contributed by atoms with van der Waals surface area (Å²) >= 11 is 0. The molecule has 0 fully saturated rings. The fourth-order valence-electron chi connectivity index (χ4n) is 2.54. The Kier molecular flexibility index (Phi) is 4.61. The second-order valence-electron chi connectivity index (χ2n) is 5.08. The largest absolute Gasteiger partial charge is 0.480 e. The molecule has 0 saturated carbocycles. The molecular formula is C15H20N2O3. The molecule has 0 bridgehead atoms. The van der Waals surface area contributed by atoms with Gasteiger partial charge in [0.15, 0.2) is 0 Å². The minimum atomic E-state index is -0.998. The number of aliphatic carboxylic acids is 1. The minimum absolute atomic E-state index is 0.273. The van der Waals surface area contributed by atoms with Crippen molar-refractivity contribution in [2.75, 3.05) is 18.4 Å².